The van der Waals surface area contributed by atoms with Gasteiger partial charge in [0.15, 0.2) is 5.82 Å². The number of carbonyl (C=O) groups excluding carboxylic acids is 1. The first-order valence-electron chi connectivity index (χ1n) is 5.51. The molecule has 1 aromatic heterocycles. The van der Waals surface area contributed by atoms with Crippen molar-refractivity contribution in [1.82, 2.24) is 15.1 Å². The number of aromatic nitrogens is 2. The zero-order valence-corrected chi connectivity index (χ0v) is 9.36. The summed E-state index contributed by atoms with van der Waals surface area (Å²) in [6.45, 7) is 3.82. The maximum absolute atomic E-state index is 11.8. The van der Waals surface area contributed by atoms with Gasteiger partial charge in [-0.05, 0) is 18.8 Å². The van der Waals surface area contributed by atoms with Crippen molar-refractivity contribution in [3.8, 4) is 0 Å². The van der Waals surface area contributed by atoms with Crippen LogP contribution in [-0.2, 0) is 0 Å². The van der Waals surface area contributed by atoms with Crippen LogP contribution in [0, 0.1) is 5.92 Å². The van der Waals surface area contributed by atoms with Gasteiger partial charge in [-0.1, -0.05) is 6.92 Å². The summed E-state index contributed by atoms with van der Waals surface area (Å²) in [5, 5.41) is 9.12. The summed E-state index contributed by atoms with van der Waals surface area (Å²) >= 11 is 0. The normalized spacial score (nSPS) is 17.4. The van der Waals surface area contributed by atoms with E-state index in [0.29, 0.717) is 17.4 Å². The molecule has 1 aromatic rings. The van der Waals surface area contributed by atoms with Crippen LogP contribution >= 0.6 is 0 Å². The lowest BCUT2D eigenvalue weighted by molar-refractivity contribution is 0.186. The summed E-state index contributed by atoms with van der Waals surface area (Å²) in [5.74, 6) is 1.19. The number of nitrogens with one attached hydrogen (secondary N) is 2. The monoisotopic (exact) mass is 223 g/mol. The molecule has 0 spiro atoms. The van der Waals surface area contributed by atoms with Gasteiger partial charge in [0, 0.05) is 13.1 Å². The Kier molecular flexibility index (Phi) is 2.98. The number of amides is 2. The number of urea groups is 1. The molecule has 2 amide bonds. The third-order valence-electron chi connectivity index (χ3n) is 2.97. The van der Waals surface area contributed by atoms with Crippen molar-refractivity contribution in [2.75, 3.05) is 24.1 Å². The molecule has 0 unspecified atom stereocenters. The predicted molar refractivity (Wildman–Crippen MR) is 62.0 cm³/mol. The van der Waals surface area contributed by atoms with Crippen LogP contribution in [-0.4, -0.2) is 34.2 Å². The van der Waals surface area contributed by atoms with Gasteiger partial charge in [0.25, 0.3) is 0 Å². The Balaban J connectivity index is 1.91. The molecule has 1 aliphatic rings. The van der Waals surface area contributed by atoms with Crippen LogP contribution in [0.5, 0.6) is 0 Å². The smallest absolute Gasteiger partial charge is 0.323 e. The van der Waals surface area contributed by atoms with E-state index in [1.807, 2.05) is 0 Å². The third kappa shape index (κ3) is 2.26. The highest BCUT2D eigenvalue weighted by atomic mass is 16.2. The van der Waals surface area contributed by atoms with Gasteiger partial charge in [0.05, 0.1) is 11.9 Å². The summed E-state index contributed by atoms with van der Waals surface area (Å²) in [6.07, 6.45) is 3.60. The molecule has 1 aliphatic heterocycles. The van der Waals surface area contributed by atoms with E-state index >= 15 is 0 Å². The minimum Gasteiger partial charge on any atom is -0.394 e. The van der Waals surface area contributed by atoms with Crippen molar-refractivity contribution in [2.45, 2.75) is 19.8 Å². The predicted octanol–water partition coefficient (Wildman–Crippen LogP) is 1.26. The first kappa shape index (κ1) is 10.8. The Labute approximate surface area is 94.2 Å². The maximum atomic E-state index is 11.8. The number of piperidine rings is 1. The highest BCUT2D eigenvalue weighted by molar-refractivity contribution is 5.91. The van der Waals surface area contributed by atoms with Gasteiger partial charge in [0.1, 0.15) is 0 Å². The standard InChI is InChI=1S/C10H17N5O/c1-7-2-4-15(5-3-7)10(16)13-9-8(11)6-12-14-9/h6-7H,2-5,11H2,1H3,(H2,12,13,14,16). The molecule has 0 radical (unpaired) electrons. The largest absolute Gasteiger partial charge is 0.394 e. The summed E-state index contributed by atoms with van der Waals surface area (Å²) in [4.78, 5) is 13.6. The fourth-order valence-electron chi connectivity index (χ4n) is 1.79. The molecule has 16 heavy (non-hydrogen) atoms. The van der Waals surface area contributed by atoms with E-state index in [0.717, 1.165) is 25.9 Å². The molecule has 2 rings (SSSR count). The summed E-state index contributed by atoms with van der Waals surface area (Å²) in [7, 11) is 0. The van der Waals surface area contributed by atoms with Crippen LogP contribution in [0.4, 0.5) is 16.3 Å². The fourth-order valence-corrected chi connectivity index (χ4v) is 1.79. The molecular formula is C10H17N5O. The Bertz CT molecular complexity index is 367. The molecule has 0 aliphatic carbocycles. The summed E-state index contributed by atoms with van der Waals surface area (Å²) in [6, 6.07) is -0.108. The van der Waals surface area contributed by atoms with Crippen LogP contribution in [0.15, 0.2) is 6.20 Å². The second-order valence-electron chi connectivity index (χ2n) is 4.30. The van der Waals surface area contributed by atoms with E-state index in [9.17, 15) is 4.79 Å². The van der Waals surface area contributed by atoms with E-state index < -0.39 is 0 Å². The van der Waals surface area contributed by atoms with Crippen molar-refractivity contribution in [1.29, 1.82) is 0 Å². The minimum absolute atomic E-state index is 0.108. The number of hydrogen-bond acceptors (Lipinski definition) is 3. The molecule has 6 nitrogen and oxygen atoms in total. The molecule has 1 fully saturated rings. The quantitative estimate of drug-likeness (QED) is 0.669. The maximum Gasteiger partial charge on any atom is 0.323 e. The zero-order chi connectivity index (χ0) is 11.5. The number of H-pyrrole nitrogens is 1. The SMILES string of the molecule is CC1CCN(C(=O)Nc2[nH]ncc2N)CC1. The van der Waals surface area contributed by atoms with Crippen molar-refractivity contribution < 1.29 is 4.79 Å². The van der Waals surface area contributed by atoms with Gasteiger partial charge >= 0.3 is 6.03 Å². The Morgan fingerprint density at radius 3 is 2.88 bits per heavy atom. The number of anilines is 2. The Morgan fingerprint density at radius 1 is 1.62 bits per heavy atom. The first-order valence-corrected chi connectivity index (χ1v) is 5.51. The second-order valence-corrected chi connectivity index (χ2v) is 4.30. The lowest BCUT2D eigenvalue weighted by Gasteiger charge is -2.30. The number of hydrogen-bond donors (Lipinski definition) is 3. The number of nitrogens with two attached hydrogens (primary N) is 1. The average Bonchev–Trinajstić information content (AvgIpc) is 2.65. The molecule has 88 valence electrons. The number of likely N-dealkylation sites (tertiary alicyclic amines) is 1. The lowest BCUT2D eigenvalue weighted by Crippen LogP contribution is -2.40. The van der Waals surface area contributed by atoms with Crippen molar-refractivity contribution in [3.05, 3.63) is 6.20 Å². The van der Waals surface area contributed by atoms with Crippen LogP contribution < -0.4 is 11.1 Å². The number of aromatic amines is 1. The Morgan fingerprint density at radius 2 is 2.31 bits per heavy atom. The van der Waals surface area contributed by atoms with E-state index in [1.54, 1.807) is 4.90 Å². The molecule has 0 aromatic carbocycles. The number of nitrogen functional groups attached to an aromatic ring is 1. The third-order valence-corrected chi connectivity index (χ3v) is 2.97. The second kappa shape index (κ2) is 4.42. The van der Waals surface area contributed by atoms with Crippen LogP contribution in [0.1, 0.15) is 19.8 Å². The molecule has 4 N–H and O–H groups in total. The van der Waals surface area contributed by atoms with E-state index in [2.05, 4.69) is 22.4 Å². The topological polar surface area (TPSA) is 87.0 Å². The van der Waals surface area contributed by atoms with Gasteiger partial charge in [-0.2, -0.15) is 5.10 Å². The van der Waals surface area contributed by atoms with E-state index in [4.69, 9.17) is 5.73 Å². The fraction of sp³-hybridized carbons (Fsp3) is 0.600. The first-order chi connectivity index (χ1) is 7.66. The minimum atomic E-state index is -0.108. The van der Waals surface area contributed by atoms with Gasteiger partial charge in [-0.25, -0.2) is 4.79 Å². The van der Waals surface area contributed by atoms with E-state index in [-0.39, 0.29) is 6.03 Å². The molecule has 2 heterocycles. The number of carbonyl (C=O) groups is 1. The molecule has 0 saturated carbocycles. The molecule has 6 heteroatoms. The van der Waals surface area contributed by atoms with Gasteiger partial charge in [0.2, 0.25) is 0 Å². The summed E-state index contributed by atoms with van der Waals surface area (Å²) < 4.78 is 0. The molecule has 1 saturated heterocycles. The highest BCUT2D eigenvalue weighted by Gasteiger charge is 2.20. The van der Waals surface area contributed by atoms with Crippen LogP contribution in [0.3, 0.4) is 0 Å². The van der Waals surface area contributed by atoms with Crippen molar-refractivity contribution in [2.24, 2.45) is 5.92 Å². The van der Waals surface area contributed by atoms with Crippen LogP contribution in [0.25, 0.3) is 0 Å². The number of nitrogens with zero attached hydrogens (tertiary/aromatic N) is 2. The van der Waals surface area contributed by atoms with Gasteiger partial charge in [-0.15, -0.1) is 0 Å². The molecular weight excluding hydrogens is 206 g/mol. The van der Waals surface area contributed by atoms with Crippen molar-refractivity contribution in [3.63, 3.8) is 0 Å². The number of rotatable bonds is 1. The Hall–Kier alpha value is -1.72. The average molecular weight is 223 g/mol. The molecule has 0 bridgehead atoms. The lowest BCUT2D eigenvalue weighted by atomic mass is 10.00. The van der Waals surface area contributed by atoms with Crippen molar-refractivity contribution >= 4 is 17.5 Å². The van der Waals surface area contributed by atoms with Gasteiger partial charge < -0.3 is 10.6 Å². The van der Waals surface area contributed by atoms with E-state index in [1.165, 1.54) is 6.20 Å². The summed E-state index contributed by atoms with van der Waals surface area (Å²) in [5.41, 5.74) is 6.07. The highest BCUT2D eigenvalue weighted by Crippen LogP contribution is 2.18. The molecule has 0 atom stereocenters. The van der Waals surface area contributed by atoms with Gasteiger partial charge in [-0.3, -0.25) is 10.4 Å². The zero-order valence-electron chi connectivity index (χ0n) is 9.36. The van der Waals surface area contributed by atoms with Crippen LogP contribution in [0.2, 0.25) is 0 Å².